The van der Waals surface area contributed by atoms with Gasteiger partial charge >= 0.3 is 0 Å². The fraction of sp³-hybridized carbons (Fsp3) is 0.812. The van der Waals surface area contributed by atoms with Gasteiger partial charge < -0.3 is 4.90 Å². The lowest BCUT2D eigenvalue weighted by Gasteiger charge is -2.30. The molecule has 1 aromatic rings. The van der Waals surface area contributed by atoms with Crippen molar-refractivity contribution < 1.29 is 0 Å². The molecule has 1 aliphatic heterocycles. The molecule has 0 N–H and O–H groups in total. The first-order chi connectivity index (χ1) is 10.1. The van der Waals surface area contributed by atoms with E-state index in [1.165, 1.54) is 48.3 Å². The van der Waals surface area contributed by atoms with Gasteiger partial charge in [0.05, 0.1) is 15.9 Å². The predicted molar refractivity (Wildman–Crippen MR) is 91.6 cm³/mol. The molecule has 2 heterocycles. The van der Waals surface area contributed by atoms with Crippen LogP contribution in [0.1, 0.15) is 45.0 Å². The van der Waals surface area contributed by atoms with Gasteiger partial charge in [0, 0.05) is 32.2 Å². The van der Waals surface area contributed by atoms with Crippen molar-refractivity contribution in [2.75, 3.05) is 26.7 Å². The minimum atomic E-state index is 0.648. The third kappa shape index (κ3) is 3.88. The van der Waals surface area contributed by atoms with E-state index in [4.69, 9.17) is 5.10 Å². The molecule has 2 rings (SSSR count). The molecule has 120 valence electrons. The molecule has 4 nitrogen and oxygen atoms in total. The Morgan fingerprint density at radius 2 is 2.00 bits per heavy atom. The van der Waals surface area contributed by atoms with Gasteiger partial charge in [-0.1, -0.05) is 13.8 Å². The van der Waals surface area contributed by atoms with Crippen LogP contribution in [0, 0.1) is 0 Å². The van der Waals surface area contributed by atoms with E-state index in [0.29, 0.717) is 6.04 Å². The summed E-state index contributed by atoms with van der Waals surface area (Å²) in [6.45, 7) is 12.2. The van der Waals surface area contributed by atoms with Crippen molar-refractivity contribution in [1.82, 2.24) is 19.6 Å². The van der Waals surface area contributed by atoms with Crippen molar-refractivity contribution in [3.63, 3.8) is 0 Å². The van der Waals surface area contributed by atoms with E-state index in [2.05, 4.69) is 58.2 Å². The molecule has 0 amide bonds. The quantitative estimate of drug-likeness (QED) is 0.809. The Hall–Kier alpha value is -0.390. The van der Waals surface area contributed by atoms with Crippen molar-refractivity contribution in [2.45, 2.75) is 59.2 Å². The van der Waals surface area contributed by atoms with Gasteiger partial charge in [-0.25, -0.2) is 0 Å². The highest BCUT2D eigenvalue weighted by Gasteiger charge is 2.24. The molecule has 21 heavy (non-hydrogen) atoms. The molecule has 1 fully saturated rings. The second-order valence-corrected chi connectivity index (χ2v) is 6.82. The summed E-state index contributed by atoms with van der Waals surface area (Å²) in [5.74, 6) is 0. The molecule has 0 bridgehead atoms. The van der Waals surface area contributed by atoms with E-state index in [1.807, 2.05) is 0 Å². The summed E-state index contributed by atoms with van der Waals surface area (Å²) in [5, 5.41) is 4.73. The van der Waals surface area contributed by atoms with Gasteiger partial charge in [0.2, 0.25) is 0 Å². The van der Waals surface area contributed by atoms with E-state index in [0.717, 1.165) is 19.5 Å². The van der Waals surface area contributed by atoms with E-state index < -0.39 is 0 Å². The number of halogens is 1. The molecule has 1 aliphatic rings. The Morgan fingerprint density at radius 1 is 1.24 bits per heavy atom. The highest BCUT2D eigenvalue weighted by atomic mass is 79.9. The van der Waals surface area contributed by atoms with E-state index in [9.17, 15) is 0 Å². The first kappa shape index (κ1) is 17.0. The second-order valence-electron chi connectivity index (χ2n) is 6.03. The Balaban J connectivity index is 2.21. The first-order valence-electron chi connectivity index (χ1n) is 8.27. The van der Waals surface area contributed by atoms with Gasteiger partial charge in [-0.2, -0.15) is 5.10 Å². The number of likely N-dealkylation sites (N-methyl/N-ethyl adjacent to an activating group) is 1. The van der Waals surface area contributed by atoms with Crippen molar-refractivity contribution in [3.05, 3.63) is 15.9 Å². The lowest BCUT2D eigenvalue weighted by molar-refractivity contribution is 0.171. The predicted octanol–water partition coefficient (Wildman–Crippen LogP) is 3.14. The van der Waals surface area contributed by atoms with Crippen LogP contribution in [0.5, 0.6) is 0 Å². The summed E-state index contributed by atoms with van der Waals surface area (Å²) >= 11 is 3.78. The molecule has 1 unspecified atom stereocenters. The monoisotopic (exact) mass is 356 g/mol. The highest BCUT2D eigenvalue weighted by molar-refractivity contribution is 9.10. The van der Waals surface area contributed by atoms with Crippen LogP contribution in [0.3, 0.4) is 0 Å². The van der Waals surface area contributed by atoms with Crippen LogP contribution in [-0.4, -0.2) is 52.3 Å². The minimum Gasteiger partial charge on any atom is -0.305 e. The van der Waals surface area contributed by atoms with Crippen LogP contribution < -0.4 is 0 Å². The van der Waals surface area contributed by atoms with Crippen molar-refractivity contribution in [1.29, 1.82) is 0 Å². The summed E-state index contributed by atoms with van der Waals surface area (Å²) in [6.07, 6.45) is 3.45. The van der Waals surface area contributed by atoms with Crippen molar-refractivity contribution in [2.24, 2.45) is 0 Å². The summed E-state index contributed by atoms with van der Waals surface area (Å²) in [6, 6.07) is 0.648. The molecule has 1 saturated heterocycles. The standard InChI is InChI=1S/C16H29BrN4/c1-5-13-11-19(4)9-8-10-20(13)12-15-16(17)14(6-2)18-21(15)7-3/h13H,5-12H2,1-4H3. The van der Waals surface area contributed by atoms with Crippen LogP contribution in [-0.2, 0) is 19.5 Å². The smallest absolute Gasteiger partial charge is 0.0767 e. The third-order valence-electron chi connectivity index (χ3n) is 4.54. The molecule has 1 aromatic heterocycles. The number of nitrogens with zero attached hydrogens (tertiary/aromatic N) is 4. The van der Waals surface area contributed by atoms with Gasteiger partial charge in [-0.3, -0.25) is 9.58 Å². The highest BCUT2D eigenvalue weighted by Crippen LogP contribution is 2.25. The SMILES string of the molecule is CCc1nn(CC)c(CN2CCCN(C)CC2CC)c1Br. The largest absolute Gasteiger partial charge is 0.305 e. The van der Waals surface area contributed by atoms with Crippen LogP contribution in [0.15, 0.2) is 4.47 Å². The van der Waals surface area contributed by atoms with Crippen molar-refractivity contribution in [3.8, 4) is 0 Å². The van der Waals surface area contributed by atoms with E-state index in [-0.39, 0.29) is 0 Å². The average molecular weight is 357 g/mol. The van der Waals surface area contributed by atoms with Crippen LogP contribution >= 0.6 is 15.9 Å². The molecule has 0 saturated carbocycles. The molecule has 0 radical (unpaired) electrons. The molecule has 0 spiro atoms. The van der Waals surface area contributed by atoms with Crippen LogP contribution in [0.25, 0.3) is 0 Å². The number of aromatic nitrogens is 2. The lowest BCUT2D eigenvalue weighted by Crippen LogP contribution is -2.39. The first-order valence-corrected chi connectivity index (χ1v) is 9.06. The van der Waals surface area contributed by atoms with Gasteiger partial charge in [-0.05, 0) is 55.7 Å². The second kappa shape index (κ2) is 7.75. The summed E-state index contributed by atoms with van der Waals surface area (Å²) in [7, 11) is 2.24. The van der Waals surface area contributed by atoms with E-state index >= 15 is 0 Å². The molecule has 0 aliphatic carbocycles. The molecule has 0 aromatic carbocycles. The zero-order valence-corrected chi connectivity index (χ0v) is 15.5. The maximum Gasteiger partial charge on any atom is 0.0767 e. The summed E-state index contributed by atoms with van der Waals surface area (Å²) in [5.41, 5.74) is 2.53. The van der Waals surface area contributed by atoms with Crippen LogP contribution in [0.2, 0.25) is 0 Å². The molecule has 5 heteroatoms. The van der Waals surface area contributed by atoms with Gasteiger partial charge in [0.15, 0.2) is 0 Å². The summed E-state index contributed by atoms with van der Waals surface area (Å²) in [4.78, 5) is 5.12. The molecular weight excluding hydrogens is 328 g/mol. The Bertz CT molecular complexity index is 457. The van der Waals surface area contributed by atoms with Gasteiger partial charge in [0.1, 0.15) is 0 Å². The number of hydrogen-bond donors (Lipinski definition) is 0. The number of hydrogen-bond acceptors (Lipinski definition) is 3. The number of rotatable bonds is 5. The average Bonchev–Trinajstić information content (AvgIpc) is 2.67. The lowest BCUT2D eigenvalue weighted by atomic mass is 10.1. The normalized spacial score (nSPS) is 21.7. The maximum absolute atomic E-state index is 4.73. The Kier molecular flexibility index (Phi) is 6.26. The Labute approximate surface area is 137 Å². The molecule has 1 atom stereocenters. The zero-order valence-electron chi connectivity index (χ0n) is 13.9. The van der Waals surface area contributed by atoms with Gasteiger partial charge in [0.25, 0.3) is 0 Å². The zero-order chi connectivity index (χ0) is 15.4. The van der Waals surface area contributed by atoms with Gasteiger partial charge in [-0.15, -0.1) is 0 Å². The number of aryl methyl sites for hydroxylation is 2. The topological polar surface area (TPSA) is 24.3 Å². The van der Waals surface area contributed by atoms with Crippen LogP contribution in [0.4, 0.5) is 0 Å². The van der Waals surface area contributed by atoms with E-state index in [1.54, 1.807) is 0 Å². The third-order valence-corrected chi connectivity index (χ3v) is 5.46. The fourth-order valence-corrected chi connectivity index (χ4v) is 3.94. The van der Waals surface area contributed by atoms with Crippen molar-refractivity contribution >= 4 is 15.9 Å². The fourth-order valence-electron chi connectivity index (χ4n) is 3.25. The maximum atomic E-state index is 4.73. The minimum absolute atomic E-state index is 0.648. The Morgan fingerprint density at radius 3 is 2.62 bits per heavy atom. The summed E-state index contributed by atoms with van der Waals surface area (Å²) < 4.78 is 3.39. The molecular formula is C16H29BrN4.